The quantitative estimate of drug-likeness (QED) is 0.620. The normalized spacial score (nSPS) is 11.6. The maximum atomic E-state index is 12.6. The lowest BCUT2D eigenvalue weighted by atomic mass is 10.1. The van der Waals surface area contributed by atoms with E-state index < -0.39 is 11.7 Å². The van der Waals surface area contributed by atoms with E-state index in [9.17, 15) is 13.2 Å². The molecule has 0 aliphatic heterocycles. The van der Waals surface area contributed by atoms with E-state index in [0.717, 1.165) is 17.7 Å². The zero-order valence-corrected chi connectivity index (χ0v) is 13.7. The van der Waals surface area contributed by atoms with E-state index in [4.69, 9.17) is 9.15 Å². The fourth-order valence-electron chi connectivity index (χ4n) is 2.34. The SMILES string of the molecule is Cc1cccc(OCc2oc(-c3ccc(C(F)(F)F)cc3)nc2C)c1. The Kier molecular flexibility index (Phi) is 4.53. The molecule has 130 valence electrons. The average Bonchev–Trinajstić information content (AvgIpc) is 2.93. The van der Waals surface area contributed by atoms with Crippen molar-refractivity contribution in [2.75, 3.05) is 0 Å². The van der Waals surface area contributed by atoms with Crippen LogP contribution in [0.25, 0.3) is 11.5 Å². The molecule has 3 rings (SSSR count). The zero-order chi connectivity index (χ0) is 18.0. The van der Waals surface area contributed by atoms with Crippen molar-refractivity contribution >= 4 is 0 Å². The number of rotatable bonds is 4. The molecule has 25 heavy (non-hydrogen) atoms. The van der Waals surface area contributed by atoms with Crippen molar-refractivity contribution in [3.8, 4) is 17.2 Å². The third-order valence-electron chi connectivity index (χ3n) is 3.71. The van der Waals surface area contributed by atoms with Crippen LogP contribution in [0.5, 0.6) is 5.75 Å². The number of halogens is 3. The molecule has 0 N–H and O–H groups in total. The van der Waals surface area contributed by atoms with Gasteiger partial charge in [-0.2, -0.15) is 13.2 Å². The van der Waals surface area contributed by atoms with Gasteiger partial charge in [0, 0.05) is 5.56 Å². The number of alkyl halides is 3. The van der Waals surface area contributed by atoms with Crippen LogP contribution in [0, 0.1) is 13.8 Å². The van der Waals surface area contributed by atoms with E-state index >= 15 is 0 Å². The molecule has 0 fully saturated rings. The number of hydrogen-bond donors (Lipinski definition) is 0. The molecule has 0 bridgehead atoms. The lowest BCUT2D eigenvalue weighted by molar-refractivity contribution is -0.137. The molecule has 0 saturated heterocycles. The van der Waals surface area contributed by atoms with E-state index in [1.165, 1.54) is 12.1 Å². The van der Waals surface area contributed by atoms with Crippen LogP contribution in [-0.2, 0) is 12.8 Å². The summed E-state index contributed by atoms with van der Waals surface area (Å²) in [6.07, 6.45) is -4.36. The maximum absolute atomic E-state index is 12.6. The molecule has 1 aromatic heterocycles. The number of aromatic nitrogens is 1. The van der Waals surface area contributed by atoms with Gasteiger partial charge in [0.15, 0.2) is 5.76 Å². The fraction of sp³-hybridized carbons (Fsp3) is 0.211. The van der Waals surface area contributed by atoms with Gasteiger partial charge in [0.25, 0.3) is 0 Å². The molecule has 0 saturated carbocycles. The number of oxazole rings is 1. The summed E-state index contributed by atoms with van der Waals surface area (Å²) in [5, 5.41) is 0. The minimum absolute atomic E-state index is 0.197. The molecule has 0 radical (unpaired) electrons. The smallest absolute Gasteiger partial charge is 0.416 e. The standard InChI is InChI=1S/C19H16F3NO2/c1-12-4-3-5-16(10-12)24-11-17-13(2)23-18(25-17)14-6-8-15(9-7-14)19(20,21)22/h3-10H,11H2,1-2H3. The molecule has 0 spiro atoms. The third kappa shape index (κ3) is 4.02. The highest BCUT2D eigenvalue weighted by Crippen LogP contribution is 2.31. The Morgan fingerprint density at radius 3 is 2.40 bits per heavy atom. The highest BCUT2D eigenvalue weighted by Gasteiger charge is 2.30. The van der Waals surface area contributed by atoms with Crippen LogP contribution < -0.4 is 4.74 Å². The first kappa shape index (κ1) is 17.1. The second-order valence-corrected chi connectivity index (χ2v) is 5.71. The van der Waals surface area contributed by atoms with Crippen molar-refractivity contribution in [3.05, 3.63) is 71.1 Å². The van der Waals surface area contributed by atoms with Gasteiger partial charge in [0.2, 0.25) is 5.89 Å². The van der Waals surface area contributed by atoms with Gasteiger partial charge in [0.05, 0.1) is 11.3 Å². The van der Waals surface area contributed by atoms with E-state index in [2.05, 4.69) is 4.98 Å². The Morgan fingerprint density at radius 2 is 1.76 bits per heavy atom. The number of nitrogens with zero attached hydrogens (tertiary/aromatic N) is 1. The summed E-state index contributed by atoms with van der Waals surface area (Å²) in [4.78, 5) is 4.27. The lowest BCUT2D eigenvalue weighted by Gasteiger charge is -2.06. The zero-order valence-electron chi connectivity index (χ0n) is 13.7. The summed E-state index contributed by atoms with van der Waals surface area (Å²) in [5.74, 6) is 1.53. The predicted molar refractivity (Wildman–Crippen MR) is 87.2 cm³/mol. The van der Waals surface area contributed by atoms with E-state index in [-0.39, 0.29) is 12.5 Å². The van der Waals surface area contributed by atoms with Crippen molar-refractivity contribution in [2.24, 2.45) is 0 Å². The van der Waals surface area contributed by atoms with Gasteiger partial charge in [-0.1, -0.05) is 12.1 Å². The van der Waals surface area contributed by atoms with Gasteiger partial charge in [-0.25, -0.2) is 4.98 Å². The Labute approximate surface area is 143 Å². The van der Waals surface area contributed by atoms with Gasteiger partial charge < -0.3 is 9.15 Å². The van der Waals surface area contributed by atoms with E-state index in [1.807, 2.05) is 31.2 Å². The summed E-state index contributed by atoms with van der Waals surface area (Å²) < 4.78 is 49.2. The average molecular weight is 347 g/mol. The van der Waals surface area contributed by atoms with Crippen molar-refractivity contribution in [3.63, 3.8) is 0 Å². The van der Waals surface area contributed by atoms with Gasteiger partial charge >= 0.3 is 6.18 Å². The van der Waals surface area contributed by atoms with E-state index in [1.54, 1.807) is 6.92 Å². The van der Waals surface area contributed by atoms with Gasteiger partial charge in [0.1, 0.15) is 12.4 Å². The maximum Gasteiger partial charge on any atom is 0.416 e. The van der Waals surface area contributed by atoms with Crippen molar-refractivity contribution in [1.29, 1.82) is 0 Å². The fourth-order valence-corrected chi connectivity index (χ4v) is 2.34. The van der Waals surface area contributed by atoms with Gasteiger partial charge in [-0.3, -0.25) is 0 Å². The highest BCUT2D eigenvalue weighted by molar-refractivity contribution is 5.54. The number of hydrogen-bond acceptors (Lipinski definition) is 3. The van der Waals surface area contributed by atoms with E-state index in [0.29, 0.717) is 22.8 Å². The molecule has 0 unspecified atom stereocenters. The molecule has 0 aliphatic carbocycles. The Morgan fingerprint density at radius 1 is 1.04 bits per heavy atom. The topological polar surface area (TPSA) is 35.3 Å². The molecule has 3 nitrogen and oxygen atoms in total. The molecule has 0 atom stereocenters. The molecule has 0 aliphatic rings. The summed E-state index contributed by atoms with van der Waals surface area (Å²) in [5.41, 5.74) is 1.50. The first-order valence-electron chi connectivity index (χ1n) is 7.66. The Bertz CT molecular complexity index is 867. The second kappa shape index (κ2) is 6.63. The summed E-state index contributed by atoms with van der Waals surface area (Å²) >= 11 is 0. The predicted octanol–water partition coefficient (Wildman–Crippen LogP) is 5.56. The van der Waals surface area contributed by atoms with Gasteiger partial charge in [-0.15, -0.1) is 0 Å². The number of benzene rings is 2. The summed E-state index contributed by atoms with van der Waals surface area (Å²) in [6.45, 7) is 3.93. The monoisotopic (exact) mass is 347 g/mol. The number of ether oxygens (including phenoxy) is 1. The van der Waals surface area contributed by atoms with Crippen LogP contribution in [-0.4, -0.2) is 4.98 Å². The minimum Gasteiger partial charge on any atom is -0.486 e. The summed E-state index contributed by atoms with van der Waals surface area (Å²) in [7, 11) is 0. The molecule has 0 amide bonds. The largest absolute Gasteiger partial charge is 0.486 e. The molecular formula is C19H16F3NO2. The van der Waals surface area contributed by atoms with Crippen LogP contribution in [0.1, 0.15) is 22.6 Å². The van der Waals surface area contributed by atoms with Crippen LogP contribution in [0.4, 0.5) is 13.2 Å². The van der Waals surface area contributed by atoms with Crippen LogP contribution in [0.15, 0.2) is 52.9 Å². The van der Waals surface area contributed by atoms with Crippen LogP contribution >= 0.6 is 0 Å². The van der Waals surface area contributed by atoms with Crippen molar-refractivity contribution in [1.82, 2.24) is 4.98 Å². The molecule has 2 aromatic carbocycles. The first-order valence-corrected chi connectivity index (χ1v) is 7.66. The number of aryl methyl sites for hydroxylation is 2. The van der Waals surface area contributed by atoms with Crippen molar-refractivity contribution < 1.29 is 22.3 Å². The first-order chi connectivity index (χ1) is 11.8. The third-order valence-corrected chi connectivity index (χ3v) is 3.71. The van der Waals surface area contributed by atoms with Crippen LogP contribution in [0.3, 0.4) is 0 Å². The molecule has 1 heterocycles. The second-order valence-electron chi connectivity index (χ2n) is 5.71. The lowest BCUT2D eigenvalue weighted by Crippen LogP contribution is -2.03. The van der Waals surface area contributed by atoms with Gasteiger partial charge in [-0.05, 0) is 55.8 Å². The van der Waals surface area contributed by atoms with Crippen molar-refractivity contribution in [2.45, 2.75) is 26.6 Å². The minimum atomic E-state index is -4.36. The van der Waals surface area contributed by atoms with Crippen LogP contribution in [0.2, 0.25) is 0 Å². The molecule has 3 aromatic rings. The Balaban J connectivity index is 1.76. The Hall–Kier alpha value is -2.76. The highest BCUT2D eigenvalue weighted by atomic mass is 19.4. The summed E-state index contributed by atoms with van der Waals surface area (Å²) in [6, 6.07) is 12.3. The molecular weight excluding hydrogens is 331 g/mol. The molecule has 6 heteroatoms.